The van der Waals surface area contributed by atoms with Gasteiger partial charge in [0.25, 0.3) is 0 Å². The van der Waals surface area contributed by atoms with Gasteiger partial charge in [-0.05, 0) is 76.7 Å². The maximum absolute atomic E-state index is 12.3. The van der Waals surface area contributed by atoms with Crippen molar-refractivity contribution < 1.29 is 23.9 Å². The van der Waals surface area contributed by atoms with Crippen LogP contribution >= 0.6 is 22.6 Å². The molecule has 0 aliphatic carbocycles. The number of ether oxygens (including phenoxy) is 2. The van der Waals surface area contributed by atoms with E-state index in [4.69, 9.17) is 9.47 Å². The summed E-state index contributed by atoms with van der Waals surface area (Å²) in [6.07, 6.45) is 1.36. The quantitative estimate of drug-likeness (QED) is 0.124. The minimum absolute atomic E-state index is 0.369. The highest BCUT2D eigenvalue weighted by Crippen LogP contribution is 2.18. The molecule has 0 aliphatic heterocycles. The third-order valence-corrected chi connectivity index (χ3v) is 5.04. The molecule has 2 amide bonds. The number of methoxy groups -OCH3 is 1. The minimum Gasteiger partial charge on any atom is -0.497 e. The fraction of sp³-hybridized carbons (Fsp3) is 0.0435. The molecular formula is C23H18IN3O5. The number of hydrazone groups is 1. The van der Waals surface area contributed by atoms with Crippen LogP contribution < -0.4 is 20.2 Å². The average molecular weight is 543 g/mol. The predicted octanol–water partition coefficient (Wildman–Crippen LogP) is 3.61. The van der Waals surface area contributed by atoms with E-state index in [1.165, 1.54) is 13.3 Å². The molecule has 0 aromatic heterocycles. The molecule has 3 aromatic carbocycles. The molecule has 8 nitrogen and oxygen atoms in total. The first-order valence-electron chi connectivity index (χ1n) is 9.31. The zero-order valence-electron chi connectivity index (χ0n) is 16.9. The van der Waals surface area contributed by atoms with Gasteiger partial charge in [-0.2, -0.15) is 5.10 Å². The number of nitrogens with one attached hydrogen (secondary N) is 2. The highest BCUT2D eigenvalue weighted by atomic mass is 127. The lowest BCUT2D eigenvalue weighted by molar-refractivity contribution is -0.136. The summed E-state index contributed by atoms with van der Waals surface area (Å²) in [5, 5.41) is 6.22. The van der Waals surface area contributed by atoms with E-state index >= 15 is 0 Å². The molecule has 9 heteroatoms. The van der Waals surface area contributed by atoms with Crippen LogP contribution in [-0.4, -0.2) is 31.1 Å². The van der Waals surface area contributed by atoms with Crippen molar-refractivity contribution in [3.63, 3.8) is 0 Å². The zero-order valence-corrected chi connectivity index (χ0v) is 19.0. The van der Waals surface area contributed by atoms with Gasteiger partial charge in [0.05, 0.1) is 18.9 Å². The molecule has 0 atom stereocenters. The van der Waals surface area contributed by atoms with E-state index in [2.05, 4.69) is 38.4 Å². The number of rotatable bonds is 6. The fourth-order valence-corrected chi connectivity index (χ4v) is 3.12. The molecule has 32 heavy (non-hydrogen) atoms. The van der Waals surface area contributed by atoms with E-state index in [9.17, 15) is 14.4 Å². The number of anilines is 1. The lowest BCUT2D eigenvalue weighted by atomic mass is 10.2. The summed E-state index contributed by atoms with van der Waals surface area (Å²) in [6, 6.07) is 20.3. The standard InChI is InChI=1S/C23H18IN3O5/c1-31-18-6-4-5-16(13-18)26-21(28)22(29)27-25-14-15-9-11-17(12-10-15)32-23(30)19-7-2-3-8-20(19)24/h2-14H,1H3,(H,26,28)(H,27,29)/b25-14-. The van der Waals surface area contributed by atoms with Gasteiger partial charge in [-0.25, -0.2) is 10.2 Å². The number of hydrogen-bond acceptors (Lipinski definition) is 6. The van der Waals surface area contributed by atoms with Crippen LogP contribution in [0.5, 0.6) is 11.5 Å². The average Bonchev–Trinajstić information content (AvgIpc) is 2.80. The zero-order chi connectivity index (χ0) is 22.9. The summed E-state index contributed by atoms with van der Waals surface area (Å²) in [4.78, 5) is 36.1. The van der Waals surface area contributed by atoms with Gasteiger partial charge in [-0.3, -0.25) is 9.59 Å². The van der Waals surface area contributed by atoms with E-state index in [1.54, 1.807) is 60.7 Å². The second kappa shape index (κ2) is 11.0. The third-order valence-electron chi connectivity index (χ3n) is 4.10. The van der Waals surface area contributed by atoms with Crippen molar-refractivity contribution in [2.45, 2.75) is 0 Å². The van der Waals surface area contributed by atoms with Crippen molar-refractivity contribution in [3.05, 3.63) is 87.5 Å². The predicted molar refractivity (Wildman–Crippen MR) is 128 cm³/mol. The van der Waals surface area contributed by atoms with Crippen molar-refractivity contribution in [1.29, 1.82) is 0 Å². The topological polar surface area (TPSA) is 106 Å². The first-order valence-corrected chi connectivity index (χ1v) is 10.4. The van der Waals surface area contributed by atoms with Gasteiger partial charge in [0.15, 0.2) is 0 Å². The Hall–Kier alpha value is -3.73. The molecule has 162 valence electrons. The number of halogens is 1. The summed E-state index contributed by atoms with van der Waals surface area (Å²) >= 11 is 2.07. The van der Waals surface area contributed by atoms with Gasteiger partial charge >= 0.3 is 17.8 Å². The van der Waals surface area contributed by atoms with Gasteiger partial charge in [0.1, 0.15) is 11.5 Å². The normalized spacial score (nSPS) is 10.4. The van der Waals surface area contributed by atoms with Crippen LogP contribution in [0.15, 0.2) is 77.9 Å². The largest absolute Gasteiger partial charge is 0.497 e. The summed E-state index contributed by atoms with van der Waals surface area (Å²) in [7, 11) is 1.50. The van der Waals surface area contributed by atoms with Crippen LogP contribution in [0, 0.1) is 3.57 Å². The number of benzene rings is 3. The molecule has 0 bridgehead atoms. The lowest BCUT2D eigenvalue weighted by Crippen LogP contribution is -2.32. The number of esters is 1. The number of carbonyl (C=O) groups is 3. The maximum Gasteiger partial charge on any atom is 0.344 e. The number of amides is 2. The molecule has 3 aromatic rings. The maximum atomic E-state index is 12.3. The van der Waals surface area contributed by atoms with Gasteiger partial charge < -0.3 is 14.8 Å². The summed E-state index contributed by atoms with van der Waals surface area (Å²) in [5.74, 6) is -1.33. The highest BCUT2D eigenvalue weighted by molar-refractivity contribution is 14.1. The van der Waals surface area contributed by atoms with Crippen molar-refractivity contribution in [2.24, 2.45) is 5.10 Å². The third kappa shape index (κ3) is 6.38. The van der Waals surface area contributed by atoms with Gasteiger partial charge in [0.2, 0.25) is 0 Å². The molecule has 0 radical (unpaired) electrons. The van der Waals surface area contributed by atoms with Gasteiger partial charge in [-0.15, -0.1) is 0 Å². The Kier molecular flexibility index (Phi) is 7.92. The van der Waals surface area contributed by atoms with Gasteiger partial charge in [-0.1, -0.05) is 18.2 Å². The number of nitrogens with zero attached hydrogens (tertiary/aromatic N) is 1. The molecule has 0 spiro atoms. The second-order valence-electron chi connectivity index (χ2n) is 6.32. The molecule has 0 aliphatic rings. The van der Waals surface area contributed by atoms with Crippen molar-refractivity contribution in [1.82, 2.24) is 5.43 Å². The van der Waals surface area contributed by atoms with Crippen LogP contribution in [0.2, 0.25) is 0 Å². The summed E-state index contributed by atoms with van der Waals surface area (Å²) < 4.78 is 11.2. The van der Waals surface area contributed by atoms with E-state index in [1.807, 2.05) is 12.1 Å². The van der Waals surface area contributed by atoms with Crippen LogP contribution in [0.1, 0.15) is 15.9 Å². The molecule has 3 rings (SSSR count). The fourth-order valence-electron chi connectivity index (χ4n) is 2.52. The molecule has 0 saturated heterocycles. The van der Waals surface area contributed by atoms with Crippen molar-refractivity contribution in [2.75, 3.05) is 12.4 Å². The molecule has 0 saturated carbocycles. The van der Waals surface area contributed by atoms with E-state index in [-0.39, 0.29) is 0 Å². The first-order chi connectivity index (χ1) is 15.5. The molecule has 0 unspecified atom stereocenters. The Labute approximate surface area is 197 Å². The Morgan fingerprint density at radius 1 is 0.906 bits per heavy atom. The van der Waals surface area contributed by atoms with Crippen LogP contribution in [0.3, 0.4) is 0 Å². The van der Waals surface area contributed by atoms with Gasteiger partial charge in [0, 0.05) is 15.3 Å². The Balaban J connectivity index is 1.52. The van der Waals surface area contributed by atoms with E-state index in [0.29, 0.717) is 28.3 Å². The summed E-state index contributed by atoms with van der Waals surface area (Å²) in [5.41, 5.74) is 3.69. The first kappa shape index (κ1) is 22.9. The van der Waals surface area contributed by atoms with Crippen LogP contribution in [-0.2, 0) is 9.59 Å². The number of hydrogen-bond donors (Lipinski definition) is 2. The van der Waals surface area contributed by atoms with Crippen LogP contribution in [0.4, 0.5) is 5.69 Å². The smallest absolute Gasteiger partial charge is 0.344 e. The Morgan fingerprint density at radius 2 is 1.66 bits per heavy atom. The summed E-state index contributed by atoms with van der Waals surface area (Å²) in [6.45, 7) is 0. The molecular weight excluding hydrogens is 525 g/mol. The number of carbonyl (C=O) groups excluding carboxylic acids is 3. The molecule has 0 fully saturated rings. The highest BCUT2D eigenvalue weighted by Gasteiger charge is 2.13. The van der Waals surface area contributed by atoms with Crippen molar-refractivity contribution >= 4 is 52.3 Å². The monoisotopic (exact) mass is 543 g/mol. The van der Waals surface area contributed by atoms with E-state index in [0.717, 1.165) is 3.57 Å². The minimum atomic E-state index is -0.924. The lowest BCUT2D eigenvalue weighted by Gasteiger charge is -2.06. The van der Waals surface area contributed by atoms with E-state index < -0.39 is 17.8 Å². The Morgan fingerprint density at radius 3 is 2.38 bits per heavy atom. The van der Waals surface area contributed by atoms with Crippen molar-refractivity contribution in [3.8, 4) is 11.5 Å². The Bertz CT molecular complexity index is 1160. The van der Waals surface area contributed by atoms with Crippen LogP contribution in [0.25, 0.3) is 0 Å². The second-order valence-corrected chi connectivity index (χ2v) is 7.49. The SMILES string of the molecule is COc1cccc(NC(=O)C(=O)N/N=C\c2ccc(OC(=O)c3ccccc3I)cc2)c1. The molecule has 2 N–H and O–H groups in total. The molecule has 0 heterocycles.